The van der Waals surface area contributed by atoms with E-state index in [2.05, 4.69) is 21.7 Å². The second-order valence-electron chi connectivity index (χ2n) is 14.9. The van der Waals surface area contributed by atoms with Crippen molar-refractivity contribution in [3.8, 4) is 0 Å². The van der Waals surface area contributed by atoms with Crippen LogP contribution >= 0.6 is 0 Å². The molecule has 3 aliphatic rings. The largest absolute Gasteiger partial charge is 0.444 e. The van der Waals surface area contributed by atoms with E-state index in [0.29, 0.717) is 43.9 Å². The Kier molecular flexibility index (Phi) is 8.10. The summed E-state index contributed by atoms with van der Waals surface area (Å²) in [6.07, 6.45) is 3.08. The van der Waals surface area contributed by atoms with Gasteiger partial charge in [0.1, 0.15) is 18.0 Å². The molecule has 0 bridgehead atoms. The molecular weight excluding hydrogens is 594 g/mol. The summed E-state index contributed by atoms with van der Waals surface area (Å²) < 4.78 is 5.63. The molecule has 2 aliphatic heterocycles. The molecule has 246 valence electrons. The minimum absolute atomic E-state index is 0.0540. The van der Waals surface area contributed by atoms with Crippen molar-refractivity contribution in [2.45, 2.75) is 84.9 Å². The lowest BCUT2D eigenvalue weighted by Crippen LogP contribution is -2.44. The number of nitrogens with one attached hydrogen (secondary N) is 2. The number of anilines is 2. The maximum Gasteiger partial charge on any atom is 0.410 e. The fourth-order valence-electron chi connectivity index (χ4n) is 6.88. The van der Waals surface area contributed by atoms with E-state index in [1.807, 2.05) is 84.0 Å². The molecule has 2 N–H and O–H groups in total. The normalized spacial score (nSPS) is 18.3. The molecule has 3 heterocycles. The van der Waals surface area contributed by atoms with E-state index in [1.54, 1.807) is 16.0 Å². The van der Waals surface area contributed by atoms with E-state index in [-0.39, 0.29) is 36.9 Å². The van der Waals surface area contributed by atoms with Crippen LogP contribution < -0.4 is 10.6 Å². The molecule has 1 spiro atoms. The highest BCUT2D eigenvalue weighted by atomic mass is 16.6. The predicted molar refractivity (Wildman–Crippen MR) is 179 cm³/mol. The average molecular weight is 638 g/mol. The molecule has 0 saturated heterocycles. The van der Waals surface area contributed by atoms with Crippen molar-refractivity contribution in [3.05, 3.63) is 88.1 Å². The minimum Gasteiger partial charge on any atom is -0.444 e. The van der Waals surface area contributed by atoms with Crippen LogP contribution in [0.5, 0.6) is 0 Å². The zero-order valence-corrected chi connectivity index (χ0v) is 28.0. The van der Waals surface area contributed by atoms with Gasteiger partial charge in [-0.25, -0.2) is 9.78 Å². The van der Waals surface area contributed by atoms with Crippen molar-refractivity contribution in [1.29, 1.82) is 0 Å². The monoisotopic (exact) mass is 637 g/mol. The maximum atomic E-state index is 13.7. The molecule has 1 atom stereocenters. The summed E-state index contributed by atoms with van der Waals surface area (Å²) in [5.41, 5.74) is 4.57. The average Bonchev–Trinajstić information content (AvgIpc) is 3.51. The van der Waals surface area contributed by atoms with Gasteiger partial charge in [0.25, 0.3) is 0 Å². The smallest absolute Gasteiger partial charge is 0.410 e. The number of carbonyl (C=O) groups excluding carboxylic acids is 4. The van der Waals surface area contributed by atoms with Gasteiger partial charge in [0.05, 0.1) is 5.41 Å². The summed E-state index contributed by atoms with van der Waals surface area (Å²) in [7, 11) is 0. The van der Waals surface area contributed by atoms with Crippen LogP contribution in [0.1, 0.15) is 74.9 Å². The SMILES string of the molecule is CC(C)(C)OC(=O)N1CCc2cccc(CN(CC(=O)Nc3ccc4c(c3)CC3(C4)C(=O)Nc4ncccc43)C(=O)C(C)(C)C)c2C1. The zero-order valence-electron chi connectivity index (χ0n) is 28.0. The molecule has 1 aromatic heterocycles. The lowest BCUT2D eigenvalue weighted by molar-refractivity contribution is -0.142. The molecule has 1 aliphatic carbocycles. The Balaban J connectivity index is 1.18. The Morgan fingerprint density at radius 2 is 1.77 bits per heavy atom. The van der Waals surface area contributed by atoms with Crippen LogP contribution in [0.2, 0.25) is 0 Å². The van der Waals surface area contributed by atoms with Gasteiger partial charge in [0.15, 0.2) is 0 Å². The number of hydrogen-bond donors (Lipinski definition) is 2. The Morgan fingerprint density at radius 3 is 2.51 bits per heavy atom. The number of hydrogen-bond acceptors (Lipinski definition) is 6. The molecule has 3 aromatic rings. The van der Waals surface area contributed by atoms with Crippen LogP contribution in [0.4, 0.5) is 16.3 Å². The van der Waals surface area contributed by atoms with E-state index >= 15 is 0 Å². The van der Waals surface area contributed by atoms with E-state index in [0.717, 1.165) is 33.4 Å². The van der Waals surface area contributed by atoms with Crippen molar-refractivity contribution >= 4 is 35.3 Å². The first-order chi connectivity index (χ1) is 22.1. The number of nitrogens with zero attached hydrogens (tertiary/aromatic N) is 3. The van der Waals surface area contributed by atoms with E-state index in [4.69, 9.17) is 4.74 Å². The second kappa shape index (κ2) is 11.8. The molecular formula is C37H43N5O5. The summed E-state index contributed by atoms with van der Waals surface area (Å²) >= 11 is 0. The Morgan fingerprint density at radius 1 is 1.00 bits per heavy atom. The summed E-state index contributed by atoms with van der Waals surface area (Å²) in [5, 5.41) is 5.92. The number of fused-ring (bicyclic) bond motifs is 4. The number of pyridine rings is 1. The first-order valence-electron chi connectivity index (χ1n) is 16.2. The molecule has 47 heavy (non-hydrogen) atoms. The van der Waals surface area contributed by atoms with Gasteiger partial charge in [-0.05, 0) is 86.1 Å². The van der Waals surface area contributed by atoms with Crippen LogP contribution in [0.15, 0.2) is 54.7 Å². The van der Waals surface area contributed by atoms with Crippen molar-refractivity contribution in [1.82, 2.24) is 14.8 Å². The molecule has 4 amide bonds. The van der Waals surface area contributed by atoms with Gasteiger partial charge in [-0.15, -0.1) is 0 Å². The van der Waals surface area contributed by atoms with Crippen molar-refractivity contribution in [2.75, 3.05) is 23.7 Å². The van der Waals surface area contributed by atoms with Gasteiger partial charge in [-0.2, -0.15) is 0 Å². The molecule has 2 aromatic carbocycles. The Labute approximate surface area is 275 Å². The number of amides is 4. The summed E-state index contributed by atoms with van der Waals surface area (Å²) in [6.45, 7) is 12.1. The van der Waals surface area contributed by atoms with Gasteiger partial charge in [0, 0.05) is 42.5 Å². The molecule has 1 unspecified atom stereocenters. The Bertz CT molecular complexity index is 1770. The molecule has 10 nitrogen and oxygen atoms in total. The highest BCUT2D eigenvalue weighted by Gasteiger charge is 2.51. The van der Waals surface area contributed by atoms with Crippen LogP contribution in [-0.2, 0) is 56.9 Å². The van der Waals surface area contributed by atoms with E-state index < -0.39 is 16.4 Å². The third-order valence-electron chi connectivity index (χ3n) is 9.11. The van der Waals surface area contributed by atoms with Crippen LogP contribution in [0.3, 0.4) is 0 Å². The molecule has 0 fully saturated rings. The number of benzene rings is 2. The molecule has 10 heteroatoms. The van der Waals surface area contributed by atoms with E-state index in [9.17, 15) is 19.2 Å². The van der Waals surface area contributed by atoms with Gasteiger partial charge >= 0.3 is 6.09 Å². The number of aromatic nitrogens is 1. The minimum atomic E-state index is -0.716. The summed E-state index contributed by atoms with van der Waals surface area (Å²) in [6, 6.07) is 15.5. The number of rotatable bonds is 5. The molecule has 6 rings (SSSR count). The fraction of sp³-hybridized carbons (Fsp3) is 0.432. The van der Waals surface area contributed by atoms with Crippen molar-refractivity contribution in [2.24, 2.45) is 5.41 Å². The molecule has 0 saturated carbocycles. The van der Waals surface area contributed by atoms with E-state index in [1.165, 1.54) is 0 Å². The predicted octanol–water partition coefficient (Wildman–Crippen LogP) is 5.38. The van der Waals surface area contributed by atoms with Gasteiger partial charge in [-0.1, -0.05) is 51.1 Å². The fourth-order valence-corrected chi connectivity index (χ4v) is 6.88. The topological polar surface area (TPSA) is 121 Å². The van der Waals surface area contributed by atoms with Crippen LogP contribution in [-0.4, -0.2) is 57.3 Å². The van der Waals surface area contributed by atoms with Crippen LogP contribution in [0, 0.1) is 5.41 Å². The third kappa shape index (κ3) is 6.46. The highest BCUT2D eigenvalue weighted by molar-refractivity contribution is 6.06. The standard InChI is InChI=1S/C37H43N5O5/c1-35(2,3)33(45)42(20-25-10-7-9-23-14-16-41(21-28(23)25)34(46)47-36(4,5)6)22-30(43)39-27-13-12-24-18-37(19-26(24)17-27)29-11-8-15-38-31(29)40-32(37)44/h7-13,15,17H,14,16,18-22H2,1-6H3,(H,39,43)(H,38,40,44). The second-order valence-corrected chi connectivity index (χ2v) is 14.9. The lowest BCUT2D eigenvalue weighted by atomic mass is 9.79. The number of ether oxygens (including phenoxy) is 1. The van der Waals surface area contributed by atoms with Gasteiger partial charge < -0.3 is 25.2 Å². The van der Waals surface area contributed by atoms with Crippen molar-refractivity contribution < 1.29 is 23.9 Å². The van der Waals surface area contributed by atoms with Crippen LogP contribution in [0.25, 0.3) is 0 Å². The number of carbonyl (C=O) groups is 4. The summed E-state index contributed by atoms with van der Waals surface area (Å²) in [4.78, 5) is 60.9. The Hall–Kier alpha value is -4.73. The zero-order chi connectivity index (χ0) is 33.7. The lowest BCUT2D eigenvalue weighted by Gasteiger charge is -2.34. The van der Waals surface area contributed by atoms with Gasteiger partial charge in [0.2, 0.25) is 17.7 Å². The first-order valence-corrected chi connectivity index (χ1v) is 16.2. The maximum absolute atomic E-state index is 13.7. The summed E-state index contributed by atoms with van der Waals surface area (Å²) in [5.74, 6) is 0.0883. The highest BCUT2D eigenvalue weighted by Crippen LogP contribution is 2.47. The molecule has 0 radical (unpaired) electrons. The van der Waals surface area contributed by atoms with Crippen molar-refractivity contribution in [3.63, 3.8) is 0 Å². The third-order valence-corrected chi connectivity index (χ3v) is 9.11. The van der Waals surface area contributed by atoms with Gasteiger partial charge in [-0.3, -0.25) is 14.4 Å². The first kappa shape index (κ1) is 32.2. The quantitative estimate of drug-likeness (QED) is 0.388.